The van der Waals surface area contributed by atoms with E-state index in [9.17, 15) is 0 Å². The normalized spacial score (nSPS) is 13.7. The Kier molecular flexibility index (Phi) is 1.71. The van der Waals surface area contributed by atoms with Crippen molar-refractivity contribution in [3.8, 4) is 5.75 Å². The molecule has 1 aromatic carbocycles. The fourth-order valence-electron chi connectivity index (χ4n) is 2.01. The van der Waals surface area contributed by atoms with Crippen LogP contribution >= 0.6 is 0 Å². The molecule has 3 heteroatoms. The highest BCUT2D eigenvalue weighted by atomic mass is 16.5. The molecule has 2 heterocycles. The van der Waals surface area contributed by atoms with Gasteiger partial charge in [-0.3, -0.25) is 0 Å². The van der Waals surface area contributed by atoms with E-state index < -0.39 is 0 Å². The number of ether oxygens (including phenoxy) is 1. The van der Waals surface area contributed by atoms with Gasteiger partial charge in [-0.15, -0.1) is 0 Å². The number of methoxy groups -OCH3 is 1. The number of aromatic amines is 1. The van der Waals surface area contributed by atoms with Crippen LogP contribution in [0.1, 0.15) is 11.3 Å². The molecular formula is C12H12N2O. The molecule has 3 nitrogen and oxygen atoms in total. The number of H-pyrrole nitrogens is 1. The van der Waals surface area contributed by atoms with Gasteiger partial charge in [-0.2, -0.15) is 0 Å². The summed E-state index contributed by atoms with van der Waals surface area (Å²) < 4.78 is 5.23. The summed E-state index contributed by atoms with van der Waals surface area (Å²) in [7, 11) is 1.69. The standard InChI is InChI=1S/C12H12N2O/c1-15-8-2-3-11-9(6-8)10-7-13-5-4-12(10)14-11/h2-6,13-14H,7H2,1H3. The summed E-state index contributed by atoms with van der Waals surface area (Å²) in [6.07, 6.45) is 4.03. The number of hydrogen-bond acceptors (Lipinski definition) is 2. The van der Waals surface area contributed by atoms with Gasteiger partial charge in [-0.05, 0) is 30.5 Å². The lowest BCUT2D eigenvalue weighted by molar-refractivity contribution is 0.415. The van der Waals surface area contributed by atoms with E-state index in [1.54, 1.807) is 7.11 Å². The highest BCUT2D eigenvalue weighted by Gasteiger charge is 2.11. The number of rotatable bonds is 1. The number of aromatic nitrogens is 1. The summed E-state index contributed by atoms with van der Waals surface area (Å²) in [6.45, 7) is 0.874. The van der Waals surface area contributed by atoms with Crippen LogP contribution in [-0.4, -0.2) is 12.1 Å². The summed E-state index contributed by atoms with van der Waals surface area (Å²) in [5.41, 5.74) is 3.66. The van der Waals surface area contributed by atoms with Crippen LogP contribution in [-0.2, 0) is 6.54 Å². The van der Waals surface area contributed by atoms with Gasteiger partial charge in [0.25, 0.3) is 0 Å². The molecule has 1 aliphatic rings. The maximum absolute atomic E-state index is 5.23. The van der Waals surface area contributed by atoms with Gasteiger partial charge in [0.15, 0.2) is 0 Å². The van der Waals surface area contributed by atoms with Crippen molar-refractivity contribution in [2.24, 2.45) is 0 Å². The first-order chi connectivity index (χ1) is 7.38. The van der Waals surface area contributed by atoms with E-state index in [1.807, 2.05) is 12.3 Å². The van der Waals surface area contributed by atoms with Crippen LogP contribution in [0.2, 0.25) is 0 Å². The third-order valence-electron chi connectivity index (χ3n) is 2.79. The Labute approximate surface area is 87.7 Å². The molecule has 0 fully saturated rings. The Bertz CT molecular complexity index is 540. The summed E-state index contributed by atoms with van der Waals surface area (Å²) in [4.78, 5) is 3.38. The number of fused-ring (bicyclic) bond motifs is 3. The second-order valence-electron chi connectivity index (χ2n) is 3.64. The van der Waals surface area contributed by atoms with E-state index in [1.165, 1.54) is 16.6 Å². The van der Waals surface area contributed by atoms with Crippen molar-refractivity contribution in [3.05, 3.63) is 35.7 Å². The maximum Gasteiger partial charge on any atom is 0.119 e. The van der Waals surface area contributed by atoms with Crippen molar-refractivity contribution in [1.29, 1.82) is 0 Å². The Morgan fingerprint density at radius 1 is 1.33 bits per heavy atom. The van der Waals surface area contributed by atoms with E-state index in [4.69, 9.17) is 4.74 Å². The van der Waals surface area contributed by atoms with Crippen LogP contribution < -0.4 is 10.1 Å². The zero-order valence-corrected chi connectivity index (χ0v) is 8.50. The van der Waals surface area contributed by atoms with E-state index in [0.717, 1.165) is 17.8 Å². The molecule has 0 radical (unpaired) electrons. The molecule has 1 aliphatic heterocycles. The monoisotopic (exact) mass is 200 g/mol. The predicted octanol–water partition coefficient (Wildman–Crippen LogP) is 2.25. The fraction of sp³-hybridized carbons (Fsp3) is 0.167. The van der Waals surface area contributed by atoms with Gasteiger partial charge in [0, 0.05) is 28.7 Å². The number of hydrogen-bond donors (Lipinski definition) is 2. The first-order valence-electron chi connectivity index (χ1n) is 4.97. The lowest BCUT2D eigenvalue weighted by atomic mass is 10.1. The van der Waals surface area contributed by atoms with E-state index in [-0.39, 0.29) is 0 Å². The molecule has 2 aromatic rings. The second-order valence-corrected chi connectivity index (χ2v) is 3.64. The minimum atomic E-state index is 0.874. The third-order valence-corrected chi connectivity index (χ3v) is 2.79. The van der Waals surface area contributed by atoms with Crippen molar-refractivity contribution >= 4 is 17.0 Å². The molecule has 0 aliphatic carbocycles. The lowest BCUT2D eigenvalue weighted by Gasteiger charge is -2.07. The van der Waals surface area contributed by atoms with Gasteiger partial charge in [0.2, 0.25) is 0 Å². The van der Waals surface area contributed by atoms with Gasteiger partial charge < -0.3 is 15.0 Å². The van der Waals surface area contributed by atoms with Gasteiger partial charge in [0.1, 0.15) is 5.75 Å². The van der Waals surface area contributed by atoms with Crippen LogP contribution in [0.5, 0.6) is 5.75 Å². The molecule has 0 saturated carbocycles. The lowest BCUT2D eigenvalue weighted by Crippen LogP contribution is -2.08. The van der Waals surface area contributed by atoms with Gasteiger partial charge in [-0.1, -0.05) is 0 Å². The van der Waals surface area contributed by atoms with Crippen LogP contribution in [0.25, 0.3) is 17.0 Å². The van der Waals surface area contributed by atoms with Crippen molar-refractivity contribution in [2.45, 2.75) is 6.54 Å². The molecule has 1 aromatic heterocycles. The average molecular weight is 200 g/mol. The highest BCUT2D eigenvalue weighted by molar-refractivity contribution is 5.88. The molecule has 0 amide bonds. The second kappa shape index (κ2) is 3.05. The molecule has 15 heavy (non-hydrogen) atoms. The number of nitrogens with one attached hydrogen (secondary N) is 2. The first kappa shape index (κ1) is 8.41. The molecular weight excluding hydrogens is 188 g/mol. The molecule has 3 rings (SSSR count). The maximum atomic E-state index is 5.23. The zero-order chi connectivity index (χ0) is 10.3. The van der Waals surface area contributed by atoms with Crippen LogP contribution in [0.3, 0.4) is 0 Å². The van der Waals surface area contributed by atoms with Gasteiger partial charge in [-0.25, -0.2) is 0 Å². The van der Waals surface area contributed by atoms with E-state index in [0.29, 0.717) is 0 Å². The molecule has 76 valence electrons. The predicted molar refractivity (Wildman–Crippen MR) is 60.7 cm³/mol. The molecule has 0 unspecified atom stereocenters. The van der Waals surface area contributed by atoms with Crippen molar-refractivity contribution in [1.82, 2.24) is 10.3 Å². The number of benzene rings is 1. The fourth-order valence-corrected chi connectivity index (χ4v) is 2.01. The van der Waals surface area contributed by atoms with E-state index in [2.05, 4.69) is 28.5 Å². The summed E-state index contributed by atoms with van der Waals surface area (Å²) >= 11 is 0. The van der Waals surface area contributed by atoms with E-state index >= 15 is 0 Å². The van der Waals surface area contributed by atoms with Crippen molar-refractivity contribution in [2.75, 3.05) is 7.11 Å². The summed E-state index contributed by atoms with van der Waals surface area (Å²) in [6, 6.07) is 6.10. The average Bonchev–Trinajstić information content (AvgIpc) is 2.66. The minimum absolute atomic E-state index is 0.874. The van der Waals surface area contributed by atoms with Gasteiger partial charge in [0.05, 0.1) is 7.11 Å². The van der Waals surface area contributed by atoms with Crippen LogP contribution in [0.15, 0.2) is 24.4 Å². The van der Waals surface area contributed by atoms with Crippen LogP contribution in [0.4, 0.5) is 0 Å². The van der Waals surface area contributed by atoms with Crippen LogP contribution in [0, 0.1) is 0 Å². The Balaban J connectivity index is 2.30. The Hall–Kier alpha value is -1.90. The van der Waals surface area contributed by atoms with Gasteiger partial charge >= 0.3 is 0 Å². The molecule has 0 atom stereocenters. The topological polar surface area (TPSA) is 37.0 Å². The summed E-state index contributed by atoms with van der Waals surface area (Å²) in [5.74, 6) is 0.902. The quantitative estimate of drug-likeness (QED) is 0.740. The SMILES string of the molecule is COc1ccc2[nH]c3c(c2c1)CNC=C3. The minimum Gasteiger partial charge on any atom is -0.497 e. The zero-order valence-electron chi connectivity index (χ0n) is 8.50. The van der Waals surface area contributed by atoms with Crippen molar-refractivity contribution in [3.63, 3.8) is 0 Å². The third kappa shape index (κ3) is 1.20. The highest BCUT2D eigenvalue weighted by Crippen LogP contribution is 2.28. The largest absolute Gasteiger partial charge is 0.497 e. The summed E-state index contributed by atoms with van der Waals surface area (Å²) in [5, 5.41) is 4.45. The van der Waals surface area contributed by atoms with Crippen molar-refractivity contribution < 1.29 is 4.74 Å². The molecule has 0 saturated heterocycles. The smallest absolute Gasteiger partial charge is 0.119 e. The molecule has 2 N–H and O–H groups in total. The Morgan fingerprint density at radius 2 is 2.27 bits per heavy atom. The Morgan fingerprint density at radius 3 is 3.13 bits per heavy atom. The molecule has 0 bridgehead atoms. The first-order valence-corrected chi connectivity index (χ1v) is 4.97. The molecule has 0 spiro atoms.